The third-order valence-electron chi connectivity index (χ3n) is 4.97. The Balaban J connectivity index is 1.57. The van der Waals surface area contributed by atoms with Crippen molar-refractivity contribution in [1.29, 1.82) is 0 Å². The van der Waals surface area contributed by atoms with Gasteiger partial charge in [0.25, 0.3) is 5.91 Å². The first-order valence-corrected chi connectivity index (χ1v) is 11.4. The molecular weight excluding hydrogens is 454 g/mol. The lowest BCUT2D eigenvalue weighted by Gasteiger charge is -2.22. The van der Waals surface area contributed by atoms with Crippen LogP contribution in [0.25, 0.3) is 0 Å². The summed E-state index contributed by atoms with van der Waals surface area (Å²) in [6, 6.07) is 16.8. The Morgan fingerprint density at radius 3 is 2.32 bits per heavy atom. The summed E-state index contributed by atoms with van der Waals surface area (Å²) in [4.78, 5) is 29.6. The lowest BCUT2D eigenvalue weighted by Crippen LogP contribution is -2.49. The number of rotatable bonds is 10. The normalized spacial score (nSPS) is 11.6. The number of nitrogens with one attached hydrogen (secondary N) is 2. The van der Waals surface area contributed by atoms with Crippen LogP contribution < -0.4 is 20.1 Å². The molecule has 3 aromatic rings. The van der Waals surface area contributed by atoms with E-state index in [4.69, 9.17) is 21.1 Å². The van der Waals surface area contributed by atoms with Crippen molar-refractivity contribution in [3.8, 4) is 17.4 Å². The van der Waals surface area contributed by atoms with E-state index in [-0.39, 0.29) is 24.3 Å². The fourth-order valence-corrected chi connectivity index (χ4v) is 3.28. The molecule has 0 saturated heterocycles. The predicted octanol–water partition coefficient (Wildman–Crippen LogP) is 5.00. The van der Waals surface area contributed by atoms with Gasteiger partial charge in [-0.05, 0) is 54.8 Å². The van der Waals surface area contributed by atoms with Crippen LogP contribution in [0.4, 0.5) is 0 Å². The summed E-state index contributed by atoms with van der Waals surface area (Å²) in [5.74, 6) is 0.926. The molecular formula is C26H28ClN3O4. The smallest absolute Gasteiger partial charge is 0.251 e. The van der Waals surface area contributed by atoms with Gasteiger partial charge in [0.05, 0.1) is 6.61 Å². The molecule has 2 N–H and O–H groups in total. The molecule has 7 nitrogen and oxygen atoms in total. The average molecular weight is 482 g/mol. The van der Waals surface area contributed by atoms with Crippen molar-refractivity contribution in [3.05, 3.63) is 83.0 Å². The van der Waals surface area contributed by atoms with E-state index < -0.39 is 6.04 Å². The van der Waals surface area contributed by atoms with E-state index in [9.17, 15) is 9.59 Å². The molecule has 0 saturated carbocycles. The van der Waals surface area contributed by atoms with Crippen molar-refractivity contribution in [3.63, 3.8) is 0 Å². The van der Waals surface area contributed by atoms with Gasteiger partial charge in [-0.3, -0.25) is 9.59 Å². The van der Waals surface area contributed by atoms with Gasteiger partial charge in [-0.1, -0.05) is 43.6 Å². The molecule has 2 aromatic carbocycles. The maximum atomic E-state index is 12.8. The number of pyridine rings is 1. The molecule has 1 atom stereocenters. The number of ether oxygens (including phenoxy) is 2. The third kappa shape index (κ3) is 6.96. The van der Waals surface area contributed by atoms with Gasteiger partial charge in [-0.2, -0.15) is 0 Å². The second-order valence-electron chi connectivity index (χ2n) is 7.91. The van der Waals surface area contributed by atoms with E-state index >= 15 is 0 Å². The van der Waals surface area contributed by atoms with Crippen LogP contribution in [0.15, 0.2) is 66.9 Å². The van der Waals surface area contributed by atoms with Crippen LogP contribution in [0.1, 0.15) is 36.7 Å². The number of carbonyl (C=O) groups excluding carboxylic acids is 2. The average Bonchev–Trinajstić information content (AvgIpc) is 2.83. The molecule has 0 bridgehead atoms. The highest BCUT2D eigenvalue weighted by Crippen LogP contribution is 2.30. The highest BCUT2D eigenvalue weighted by Gasteiger charge is 2.24. The first-order chi connectivity index (χ1) is 16.4. The van der Waals surface area contributed by atoms with Gasteiger partial charge < -0.3 is 20.1 Å². The number of aromatic nitrogens is 1. The maximum Gasteiger partial charge on any atom is 0.251 e. The Labute approximate surface area is 204 Å². The third-order valence-corrected chi connectivity index (χ3v) is 5.22. The minimum Gasteiger partial charge on any atom is -0.490 e. The van der Waals surface area contributed by atoms with Crippen LogP contribution in [0.2, 0.25) is 5.02 Å². The molecule has 8 heteroatoms. The van der Waals surface area contributed by atoms with Crippen LogP contribution in [0.5, 0.6) is 17.4 Å². The highest BCUT2D eigenvalue weighted by molar-refractivity contribution is 6.30. The Morgan fingerprint density at radius 1 is 1.00 bits per heavy atom. The van der Waals surface area contributed by atoms with Crippen molar-refractivity contribution in [2.45, 2.75) is 33.4 Å². The summed E-state index contributed by atoms with van der Waals surface area (Å²) in [5, 5.41) is 6.20. The highest BCUT2D eigenvalue weighted by atomic mass is 35.5. The molecule has 0 fully saturated rings. The van der Waals surface area contributed by atoms with Gasteiger partial charge >= 0.3 is 0 Å². The number of hydrogen-bond acceptors (Lipinski definition) is 5. The number of para-hydroxylation sites is 2. The lowest BCUT2D eigenvalue weighted by molar-refractivity contribution is -0.124. The van der Waals surface area contributed by atoms with Gasteiger partial charge in [0.1, 0.15) is 6.04 Å². The number of amides is 2. The van der Waals surface area contributed by atoms with Crippen molar-refractivity contribution in [2.24, 2.45) is 5.92 Å². The van der Waals surface area contributed by atoms with Crippen LogP contribution in [0, 0.1) is 5.92 Å². The fraction of sp³-hybridized carbons (Fsp3) is 0.269. The lowest BCUT2D eigenvalue weighted by atomic mass is 10.0. The van der Waals surface area contributed by atoms with Gasteiger partial charge in [0.2, 0.25) is 11.8 Å². The molecule has 0 aliphatic rings. The van der Waals surface area contributed by atoms with Crippen LogP contribution >= 0.6 is 11.6 Å². The Bertz CT molecular complexity index is 1100. The molecule has 0 spiro atoms. The predicted molar refractivity (Wildman–Crippen MR) is 131 cm³/mol. The topological polar surface area (TPSA) is 89.5 Å². The Morgan fingerprint density at radius 2 is 1.71 bits per heavy atom. The van der Waals surface area contributed by atoms with E-state index in [0.717, 1.165) is 5.56 Å². The SMILES string of the molecule is CCOc1ccccc1Oc1ccc(CNC(=O)C(NC(=O)c2ccc(Cl)cc2)C(C)C)cn1. The summed E-state index contributed by atoms with van der Waals surface area (Å²) in [6.45, 7) is 6.46. The van der Waals surface area contributed by atoms with Crippen molar-refractivity contribution in [1.82, 2.24) is 15.6 Å². The van der Waals surface area contributed by atoms with Crippen LogP contribution in [-0.2, 0) is 11.3 Å². The standard InChI is InChI=1S/C26H28ClN3O4/c1-4-33-21-7-5-6-8-22(21)34-23-14-9-18(15-28-23)16-29-26(32)24(17(2)3)30-25(31)19-10-12-20(27)13-11-19/h5-15,17,24H,4,16H2,1-3H3,(H,29,32)(H,30,31). The minimum absolute atomic E-state index is 0.101. The minimum atomic E-state index is -0.686. The van der Waals surface area contributed by atoms with Gasteiger partial charge in [0, 0.05) is 29.4 Å². The maximum absolute atomic E-state index is 12.8. The summed E-state index contributed by atoms with van der Waals surface area (Å²) in [7, 11) is 0. The molecule has 1 unspecified atom stereocenters. The van der Waals surface area contributed by atoms with E-state index in [2.05, 4.69) is 15.6 Å². The largest absolute Gasteiger partial charge is 0.490 e. The number of carbonyl (C=O) groups is 2. The molecule has 0 radical (unpaired) electrons. The van der Waals surface area contributed by atoms with Crippen molar-refractivity contribution < 1.29 is 19.1 Å². The quantitative estimate of drug-likeness (QED) is 0.425. The first-order valence-electron chi connectivity index (χ1n) is 11.1. The van der Waals surface area contributed by atoms with E-state index in [1.165, 1.54) is 0 Å². The van der Waals surface area contributed by atoms with E-state index in [0.29, 0.717) is 34.6 Å². The zero-order valence-electron chi connectivity index (χ0n) is 19.4. The molecule has 1 aromatic heterocycles. The molecule has 34 heavy (non-hydrogen) atoms. The second-order valence-corrected chi connectivity index (χ2v) is 8.34. The molecule has 0 aliphatic carbocycles. The number of benzene rings is 2. The second kappa shape index (κ2) is 12.0. The van der Waals surface area contributed by atoms with Gasteiger partial charge in [-0.15, -0.1) is 0 Å². The summed E-state index contributed by atoms with van der Waals surface area (Å²) in [6.07, 6.45) is 1.63. The Hall–Kier alpha value is -3.58. The monoisotopic (exact) mass is 481 g/mol. The molecule has 0 aliphatic heterocycles. The van der Waals surface area contributed by atoms with E-state index in [1.54, 1.807) is 36.5 Å². The van der Waals surface area contributed by atoms with Crippen molar-refractivity contribution >= 4 is 23.4 Å². The number of hydrogen-bond donors (Lipinski definition) is 2. The van der Waals surface area contributed by atoms with Crippen molar-refractivity contribution in [2.75, 3.05) is 6.61 Å². The van der Waals surface area contributed by atoms with Gasteiger partial charge in [-0.25, -0.2) is 4.98 Å². The molecule has 2 amide bonds. The zero-order chi connectivity index (χ0) is 24.5. The molecule has 178 valence electrons. The summed E-state index contributed by atoms with van der Waals surface area (Å²) >= 11 is 5.88. The van der Waals surface area contributed by atoms with Gasteiger partial charge in [0.15, 0.2) is 11.5 Å². The zero-order valence-corrected chi connectivity index (χ0v) is 20.1. The summed E-state index contributed by atoms with van der Waals surface area (Å²) < 4.78 is 11.4. The van der Waals surface area contributed by atoms with E-state index in [1.807, 2.05) is 51.1 Å². The van der Waals surface area contributed by atoms with Crippen LogP contribution in [0.3, 0.4) is 0 Å². The first kappa shape index (κ1) is 25.1. The number of nitrogens with zero attached hydrogens (tertiary/aromatic N) is 1. The van der Waals surface area contributed by atoms with Crippen LogP contribution in [-0.4, -0.2) is 29.4 Å². The molecule has 3 rings (SSSR count). The Kier molecular flexibility index (Phi) is 8.87. The molecule has 1 heterocycles. The fourth-order valence-electron chi connectivity index (χ4n) is 3.16. The number of halogens is 1. The summed E-state index contributed by atoms with van der Waals surface area (Å²) in [5.41, 5.74) is 1.24.